The number of sulfonamides is 1. The molecule has 3 aromatic heterocycles. The lowest BCUT2D eigenvalue weighted by Crippen LogP contribution is -2.54. The van der Waals surface area contributed by atoms with Crippen molar-refractivity contribution < 1.29 is 42.2 Å². The molecule has 0 radical (unpaired) electrons. The summed E-state index contributed by atoms with van der Waals surface area (Å²) in [5, 5.41) is 26.9. The molecule has 6 fully saturated rings. The number of nitro groups is 1. The molecule has 89 heavy (non-hydrogen) atoms. The Hall–Kier alpha value is -7.08. The number of benzene rings is 3. The molecule has 474 valence electrons. The Morgan fingerprint density at radius 2 is 1.64 bits per heavy atom. The second-order valence-electron chi connectivity index (χ2n) is 26.6. The quantitative estimate of drug-likeness (QED) is 0.0521. The molecule has 1 amide bonds. The van der Waals surface area contributed by atoms with Crippen LogP contribution < -0.4 is 34.2 Å². The second-order valence-corrected chi connectivity index (χ2v) is 28.2. The van der Waals surface area contributed by atoms with Crippen LogP contribution in [0.1, 0.15) is 124 Å². The molecule has 4 N–H and O–H groups in total. The minimum atomic E-state index is -4.65. The van der Waals surface area contributed by atoms with E-state index in [9.17, 15) is 28.4 Å². The highest BCUT2D eigenvalue weighted by Crippen LogP contribution is 2.49. The fourth-order valence-corrected chi connectivity index (χ4v) is 16.3. The lowest BCUT2D eigenvalue weighted by atomic mass is 9.70. The van der Waals surface area contributed by atoms with E-state index in [1.54, 1.807) is 13.2 Å². The van der Waals surface area contributed by atoms with Gasteiger partial charge < -0.3 is 49.1 Å². The maximum atomic E-state index is 14.9. The number of methoxy groups -OCH3 is 1. The molecule has 0 bridgehead atoms. The first-order valence-electron chi connectivity index (χ1n) is 32.1. The molecular formula is C67H85N11O10S. The zero-order valence-electron chi connectivity index (χ0n) is 51.7. The number of ether oxygens (including phenoxy) is 4. The number of likely N-dealkylation sites (tertiary alicyclic amines) is 2. The number of piperidine rings is 3. The first kappa shape index (κ1) is 60.8. The van der Waals surface area contributed by atoms with Gasteiger partial charge in [-0.15, -0.1) is 0 Å². The Labute approximate surface area is 521 Å². The number of aromatic nitrogens is 3. The van der Waals surface area contributed by atoms with Gasteiger partial charge in [-0.1, -0.05) is 38.1 Å². The summed E-state index contributed by atoms with van der Waals surface area (Å²) >= 11 is 0. The summed E-state index contributed by atoms with van der Waals surface area (Å²) in [6, 6.07) is 24.6. The second kappa shape index (κ2) is 25.3. The molecule has 22 heteroatoms. The van der Waals surface area contributed by atoms with Crippen LogP contribution in [0.25, 0.3) is 11.0 Å². The van der Waals surface area contributed by atoms with Crippen LogP contribution in [-0.4, -0.2) is 165 Å². The molecule has 4 atom stereocenters. The summed E-state index contributed by atoms with van der Waals surface area (Å²) in [7, 11) is -2.91. The topological polar surface area (TPSA) is 233 Å². The maximum Gasteiger partial charge on any atom is 0.293 e. The van der Waals surface area contributed by atoms with Crippen LogP contribution >= 0.6 is 0 Å². The van der Waals surface area contributed by atoms with Crippen molar-refractivity contribution in [2.45, 2.75) is 132 Å². The summed E-state index contributed by atoms with van der Waals surface area (Å²) < 4.78 is 55.1. The predicted molar refractivity (Wildman–Crippen MR) is 343 cm³/mol. The fourth-order valence-electron chi connectivity index (χ4n) is 15.4. The number of rotatable bonds is 16. The lowest BCUT2D eigenvalue weighted by Gasteiger charge is -2.51. The fraction of sp³-hybridized carbons (Fsp3) is 0.537. The smallest absolute Gasteiger partial charge is 0.293 e. The number of hydrogen-bond acceptors (Lipinski definition) is 18. The Morgan fingerprint density at radius 3 is 2.40 bits per heavy atom. The number of morpholine rings is 1. The number of H-pyrrole nitrogens is 1. The number of aliphatic hydroxyl groups is 1. The molecule has 5 saturated heterocycles. The van der Waals surface area contributed by atoms with Crippen LogP contribution in [0, 0.1) is 21.4 Å². The zero-order chi connectivity index (χ0) is 61.6. The van der Waals surface area contributed by atoms with E-state index in [2.05, 4.69) is 83.7 Å². The molecule has 1 saturated carbocycles. The van der Waals surface area contributed by atoms with Crippen LogP contribution in [0.5, 0.6) is 11.6 Å². The number of hydrogen-bond donors (Lipinski definition) is 4. The molecule has 3 aromatic carbocycles. The Bertz CT molecular complexity index is 3660. The third kappa shape index (κ3) is 12.7. The van der Waals surface area contributed by atoms with E-state index in [-0.39, 0.29) is 28.6 Å². The lowest BCUT2D eigenvalue weighted by molar-refractivity contribution is -0.384. The summed E-state index contributed by atoms with van der Waals surface area (Å²) in [5.74, 6) is 2.11. The summed E-state index contributed by atoms with van der Waals surface area (Å²) in [4.78, 5) is 51.6. The summed E-state index contributed by atoms with van der Waals surface area (Å²) in [6.07, 6.45) is 12.1. The third-order valence-corrected chi connectivity index (χ3v) is 21.9. The number of nitrogens with one attached hydrogen (secondary N) is 3. The Balaban J connectivity index is 0.733. The highest BCUT2D eigenvalue weighted by molar-refractivity contribution is 7.90. The first-order valence-corrected chi connectivity index (χ1v) is 33.6. The SMILES string of the molecule is COc1cc(CN2CC[C@H](N3CCC4(CCN(c5ccc(C(=O)NS(=O)(=O)c6ccc(NCC7CCC(C)(O)CC7)c([N+](=O)[O-])c6)c(N6c7cc8cc[nH]c8nc7O[C@H]7COCC[C@@H]76)c5)CC4)CC3)[C@H](c3ccccc3C(C)C)C2)cnc1N1CCOCC1. The number of aromatic amines is 1. The highest BCUT2D eigenvalue weighted by Gasteiger charge is 2.45. The maximum absolute atomic E-state index is 14.9. The minimum absolute atomic E-state index is 0.111. The van der Waals surface area contributed by atoms with E-state index < -0.39 is 43.1 Å². The predicted octanol–water partition coefficient (Wildman–Crippen LogP) is 9.74. The molecule has 7 aliphatic rings. The molecule has 1 aliphatic carbocycles. The van der Waals surface area contributed by atoms with Gasteiger partial charge in [-0.25, -0.2) is 18.1 Å². The molecule has 13 rings (SSSR count). The van der Waals surface area contributed by atoms with E-state index in [1.807, 2.05) is 43.6 Å². The van der Waals surface area contributed by atoms with Gasteiger partial charge in [-0.3, -0.25) is 24.7 Å². The van der Waals surface area contributed by atoms with Gasteiger partial charge in [-0.05, 0) is 167 Å². The largest absolute Gasteiger partial charge is 0.493 e. The number of anilines is 5. The number of pyridine rings is 2. The van der Waals surface area contributed by atoms with Gasteiger partial charge in [-0.2, -0.15) is 4.98 Å². The van der Waals surface area contributed by atoms with Gasteiger partial charge in [0, 0.05) is 100 Å². The van der Waals surface area contributed by atoms with Crippen molar-refractivity contribution in [3.63, 3.8) is 0 Å². The molecule has 9 heterocycles. The van der Waals surface area contributed by atoms with Crippen LogP contribution in [0.15, 0.2) is 96.2 Å². The summed E-state index contributed by atoms with van der Waals surface area (Å²) in [6.45, 7) is 17.1. The number of fused-ring (bicyclic) bond motifs is 3. The van der Waals surface area contributed by atoms with Crippen molar-refractivity contribution in [3.8, 4) is 11.6 Å². The number of carbonyl (C=O) groups is 1. The van der Waals surface area contributed by atoms with E-state index in [0.29, 0.717) is 93.0 Å². The van der Waals surface area contributed by atoms with Crippen molar-refractivity contribution in [3.05, 3.63) is 124 Å². The van der Waals surface area contributed by atoms with E-state index >= 15 is 0 Å². The third-order valence-electron chi connectivity index (χ3n) is 20.6. The average molecular weight is 1240 g/mol. The molecular weight excluding hydrogens is 1150 g/mol. The van der Waals surface area contributed by atoms with Crippen molar-refractivity contribution in [2.24, 2.45) is 11.3 Å². The minimum Gasteiger partial charge on any atom is -0.493 e. The monoisotopic (exact) mass is 1240 g/mol. The van der Waals surface area contributed by atoms with E-state index in [1.165, 1.54) is 23.3 Å². The number of amides is 1. The molecule has 1 spiro atoms. The first-order chi connectivity index (χ1) is 43.0. The number of nitro benzene ring substituents is 1. The summed E-state index contributed by atoms with van der Waals surface area (Å²) in [5.41, 5.74) is 6.06. The van der Waals surface area contributed by atoms with Crippen molar-refractivity contribution in [1.29, 1.82) is 0 Å². The molecule has 6 aliphatic heterocycles. The van der Waals surface area contributed by atoms with Gasteiger partial charge in [0.25, 0.3) is 21.6 Å². The van der Waals surface area contributed by atoms with Crippen molar-refractivity contribution >= 4 is 61.2 Å². The molecule has 21 nitrogen and oxygen atoms in total. The van der Waals surface area contributed by atoms with Gasteiger partial charge in [0.05, 0.1) is 59.6 Å². The zero-order valence-corrected chi connectivity index (χ0v) is 52.5. The number of nitrogens with zero attached hydrogens (tertiary/aromatic N) is 8. The van der Waals surface area contributed by atoms with Gasteiger partial charge in [0.2, 0.25) is 5.88 Å². The Kier molecular flexibility index (Phi) is 17.3. The van der Waals surface area contributed by atoms with Gasteiger partial charge in [0.15, 0.2) is 11.6 Å². The van der Waals surface area contributed by atoms with Crippen LogP contribution in [-0.2, 0) is 26.0 Å². The van der Waals surface area contributed by atoms with Crippen molar-refractivity contribution in [2.75, 3.05) is 112 Å². The highest BCUT2D eigenvalue weighted by atomic mass is 32.2. The van der Waals surface area contributed by atoms with E-state index in [0.717, 1.165) is 138 Å². The van der Waals surface area contributed by atoms with Crippen LogP contribution in [0.2, 0.25) is 0 Å². The standard InChI is InChI=1S/C67H85N11O10S/c1-44(2)50-7-5-6-8-51(50)53-42-73(41-46-35-60(85-4)63(70-40-46)76-30-33-86-34-31-76)25-16-55(53)75-28-22-67(23-29-75)20-26-74(27-21-67)48-9-11-52(57(37-48)77-56-17-32-87-43-61(56)88-65-59(77)36-47-15-24-68-62(47)71-65)64(79)72-89(83,84)49-10-12-54(58(38-49)78(81)82)69-39-45-13-18-66(3,80)19-14-45/h5-12,15,24,35-38,40,44-45,53,55-56,61,69,80H,13-14,16-23,25-34,39,41-43H2,1-4H3,(H,68,71)(H,72,79)/t45?,53-,55-,56-,61-,66?/m0/s1. The van der Waals surface area contributed by atoms with E-state index in [4.69, 9.17) is 28.9 Å². The van der Waals surface area contributed by atoms with Crippen molar-refractivity contribution in [1.82, 2.24) is 29.5 Å². The van der Waals surface area contributed by atoms with Crippen LogP contribution in [0.3, 0.4) is 0 Å². The van der Waals surface area contributed by atoms with Crippen LogP contribution in [0.4, 0.5) is 34.3 Å². The average Bonchev–Trinajstić information content (AvgIpc) is 1.95. The van der Waals surface area contributed by atoms with Gasteiger partial charge >= 0.3 is 0 Å². The number of carbonyl (C=O) groups excluding carboxylic acids is 1. The molecule has 6 aromatic rings. The molecule has 0 unspecified atom stereocenters. The normalized spacial score (nSPS) is 25.1. The Morgan fingerprint density at radius 1 is 0.865 bits per heavy atom. The van der Waals surface area contributed by atoms with Gasteiger partial charge in [0.1, 0.15) is 23.1 Å².